The van der Waals surface area contributed by atoms with E-state index in [0.717, 1.165) is 5.69 Å². The minimum absolute atomic E-state index is 0.129. The highest BCUT2D eigenvalue weighted by Gasteiger charge is 2.29. The number of oxazole rings is 1. The van der Waals surface area contributed by atoms with Gasteiger partial charge in [-0.25, -0.2) is 18.2 Å². The lowest BCUT2D eigenvalue weighted by Gasteiger charge is -2.34. The summed E-state index contributed by atoms with van der Waals surface area (Å²) in [7, 11) is -2.17. The topological polar surface area (TPSA) is 126 Å². The van der Waals surface area contributed by atoms with E-state index >= 15 is 0 Å². The van der Waals surface area contributed by atoms with Crippen LogP contribution in [0.2, 0.25) is 0 Å². The highest BCUT2D eigenvalue weighted by Crippen LogP contribution is 2.23. The maximum Gasteiger partial charge on any atom is 0.419 e. The molecule has 0 saturated carbocycles. The monoisotopic (exact) mass is 481 g/mol. The van der Waals surface area contributed by atoms with Crippen LogP contribution in [0.3, 0.4) is 0 Å². The van der Waals surface area contributed by atoms with Gasteiger partial charge in [0, 0.05) is 38.9 Å². The molecule has 176 valence electrons. The molecule has 1 saturated heterocycles. The summed E-state index contributed by atoms with van der Waals surface area (Å²) in [6.07, 6.45) is 0. The number of fused-ring (bicyclic) bond motifs is 1. The molecule has 1 aliphatic heterocycles. The standard InChI is InChI=1S/C22H23N7O4S/c1-15-4-3-5-19(23-15)24-20-8-9-21(26-25-20)28-10-12-29(13-11-28)34(31,32)16-6-7-18-17(14-16)27(2)22(30)33-18/h3-9,14H,10-13H2,1-2H3,(H,23,24,25). The molecule has 4 heterocycles. The highest BCUT2D eigenvalue weighted by atomic mass is 32.2. The number of hydrogen-bond acceptors (Lipinski definition) is 9. The summed E-state index contributed by atoms with van der Waals surface area (Å²) in [5.74, 6) is 1.41. The molecule has 1 N–H and O–H groups in total. The van der Waals surface area contributed by atoms with E-state index < -0.39 is 15.8 Å². The molecule has 0 unspecified atom stereocenters. The van der Waals surface area contributed by atoms with Crippen LogP contribution < -0.4 is 16.0 Å². The minimum atomic E-state index is -3.71. The fourth-order valence-electron chi connectivity index (χ4n) is 3.88. The van der Waals surface area contributed by atoms with Crippen LogP contribution in [-0.4, -0.2) is 58.7 Å². The summed E-state index contributed by atoms with van der Waals surface area (Å²) in [6, 6.07) is 13.8. The Bertz CT molecular complexity index is 1500. The summed E-state index contributed by atoms with van der Waals surface area (Å²) < 4.78 is 34.2. The summed E-state index contributed by atoms with van der Waals surface area (Å²) in [5, 5.41) is 11.6. The zero-order valence-corrected chi connectivity index (χ0v) is 19.5. The molecule has 0 aliphatic carbocycles. The van der Waals surface area contributed by atoms with Crippen molar-refractivity contribution < 1.29 is 12.8 Å². The van der Waals surface area contributed by atoms with Crippen molar-refractivity contribution in [2.75, 3.05) is 36.4 Å². The molecule has 0 amide bonds. The van der Waals surface area contributed by atoms with Gasteiger partial charge < -0.3 is 14.6 Å². The fraction of sp³-hybridized carbons (Fsp3) is 0.273. The van der Waals surface area contributed by atoms with Crippen LogP contribution >= 0.6 is 0 Å². The van der Waals surface area contributed by atoms with Gasteiger partial charge in [-0.15, -0.1) is 10.2 Å². The molecular weight excluding hydrogens is 458 g/mol. The predicted octanol–water partition coefficient (Wildman–Crippen LogP) is 1.88. The van der Waals surface area contributed by atoms with Gasteiger partial charge in [-0.2, -0.15) is 4.31 Å². The Morgan fingerprint density at radius 2 is 1.76 bits per heavy atom. The van der Waals surface area contributed by atoms with Crippen LogP contribution in [0.15, 0.2) is 62.6 Å². The second-order valence-corrected chi connectivity index (χ2v) is 9.95. The van der Waals surface area contributed by atoms with Crippen LogP contribution in [0, 0.1) is 6.92 Å². The number of rotatable bonds is 5. The molecule has 12 heteroatoms. The van der Waals surface area contributed by atoms with Crippen molar-refractivity contribution in [1.82, 2.24) is 24.1 Å². The highest BCUT2D eigenvalue weighted by molar-refractivity contribution is 7.89. The van der Waals surface area contributed by atoms with Gasteiger partial charge >= 0.3 is 5.76 Å². The smallest absolute Gasteiger partial charge is 0.408 e. The SMILES string of the molecule is Cc1cccc(Nc2ccc(N3CCN(S(=O)(=O)c4ccc5oc(=O)n(C)c5c4)CC3)nn2)n1. The second kappa shape index (κ2) is 8.54. The van der Waals surface area contributed by atoms with Crippen molar-refractivity contribution in [1.29, 1.82) is 0 Å². The van der Waals surface area contributed by atoms with Crippen molar-refractivity contribution in [3.05, 3.63) is 64.8 Å². The van der Waals surface area contributed by atoms with E-state index in [4.69, 9.17) is 4.42 Å². The Hall–Kier alpha value is -3.77. The third kappa shape index (κ3) is 4.13. The quantitative estimate of drug-likeness (QED) is 0.454. The van der Waals surface area contributed by atoms with E-state index in [2.05, 4.69) is 20.5 Å². The lowest BCUT2D eigenvalue weighted by Crippen LogP contribution is -2.49. The van der Waals surface area contributed by atoms with E-state index in [1.807, 2.05) is 42.2 Å². The van der Waals surface area contributed by atoms with E-state index in [9.17, 15) is 13.2 Å². The van der Waals surface area contributed by atoms with E-state index in [0.29, 0.717) is 54.7 Å². The molecule has 0 radical (unpaired) electrons. The van der Waals surface area contributed by atoms with Gasteiger partial charge in [-0.1, -0.05) is 6.07 Å². The zero-order chi connectivity index (χ0) is 23.9. The van der Waals surface area contributed by atoms with Crippen LogP contribution in [0.1, 0.15) is 5.69 Å². The number of benzene rings is 1. The number of pyridine rings is 1. The van der Waals surface area contributed by atoms with Gasteiger partial charge in [0.1, 0.15) is 5.82 Å². The average molecular weight is 482 g/mol. The third-order valence-electron chi connectivity index (χ3n) is 5.76. The van der Waals surface area contributed by atoms with E-state index in [-0.39, 0.29) is 4.90 Å². The van der Waals surface area contributed by atoms with Gasteiger partial charge in [0.15, 0.2) is 17.2 Å². The predicted molar refractivity (Wildman–Crippen MR) is 127 cm³/mol. The first-order valence-corrected chi connectivity index (χ1v) is 12.1. The molecule has 3 aromatic heterocycles. The van der Waals surface area contributed by atoms with Gasteiger partial charge in [-0.3, -0.25) is 4.57 Å². The van der Waals surface area contributed by atoms with Crippen LogP contribution in [-0.2, 0) is 17.1 Å². The number of aryl methyl sites for hydroxylation is 2. The van der Waals surface area contributed by atoms with Crippen molar-refractivity contribution in [2.45, 2.75) is 11.8 Å². The lowest BCUT2D eigenvalue weighted by atomic mass is 10.3. The van der Waals surface area contributed by atoms with Crippen LogP contribution in [0.25, 0.3) is 11.1 Å². The number of aromatic nitrogens is 4. The van der Waals surface area contributed by atoms with Crippen molar-refractivity contribution in [2.24, 2.45) is 7.05 Å². The Labute approximate surface area is 195 Å². The third-order valence-corrected chi connectivity index (χ3v) is 7.65. The lowest BCUT2D eigenvalue weighted by molar-refractivity contribution is 0.383. The number of hydrogen-bond donors (Lipinski definition) is 1. The van der Waals surface area contributed by atoms with Crippen molar-refractivity contribution in [3.63, 3.8) is 0 Å². The molecule has 11 nitrogen and oxygen atoms in total. The van der Waals surface area contributed by atoms with Crippen molar-refractivity contribution in [3.8, 4) is 0 Å². The summed E-state index contributed by atoms with van der Waals surface area (Å²) in [5.41, 5.74) is 1.69. The van der Waals surface area contributed by atoms with Gasteiger partial charge in [0.2, 0.25) is 10.0 Å². The molecule has 5 rings (SSSR count). The Morgan fingerprint density at radius 1 is 0.971 bits per heavy atom. The molecule has 0 spiro atoms. The molecule has 0 atom stereocenters. The first-order chi connectivity index (χ1) is 16.3. The fourth-order valence-corrected chi connectivity index (χ4v) is 5.32. The molecule has 4 aromatic rings. The molecule has 1 aliphatic rings. The minimum Gasteiger partial charge on any atom is -0.408 e. The van der Waals surface area contributed by atoms with Crippen molar-refractivity contribution >= 4 is 38.6 Å². The number of anilines is 3. The summed E-state index contributed by atoms with van der Waals surface area (Å²) in [4.78, 5) is 18.2. The van der Waals surface area contributed by atoms with E-state index in [1.165, 1.54) is 27.1 Å². The summed E-state index contributed by atoms with van der Waals surface area (Å²) in [6.45, 7) is 3.48. The molecule has 0 bridgehead atoms. The summed E-state index contributed by atoms with van der Waals surface area (Å²) >= 11 is 0. The Kier molecular flexibility index (Phi) is 5.54. The zero-order valence-electron chi connectivity index (χ0n) is 18.7. The molecular formula is C22H23N7O4S. The average Bonchev–Trinajstić information content (AvgIpc) is 3.12. The second-order valence-electron chi connectivity index (χ2n) is 8.01. The Balaban J connectivity index is 1.26. The van der Waals surface area contributed by atoms with Crippen LogP contribution in [0.5, 0.6) is 0 Å². The Morgan fingerprint density at radius 3 is 2.47 bits per heavy atom. The first kappa shape index (κ1) is 22.0. The molecule has 1 aromatic carbocycles. The molecule has 1 fully saturated rings. The first-order valence-electron chi connectivity index (χ1n) is 10.7. The largest absolute Gasteiger partial charge is 0.419 e. The van der Waals surface area contributed by atoms with Gasteiger partial charge in [0.05, 0.1) is 10.4 Å². The number of nitrogens with zero attached hydrogens (tertiary/aromatic N) is 6. The number of nitrogens with one attached hydrogen (secondary N) is 1. The normalized spacial score (nSPS) is 15.1. The maximum absolute atomic E-state index is 13.2. The molecule has 34 heavy (non-hydrogen) atoms. The van der Waals surface area contributed by atoms with Gasteiger partial charge in [0.25, 0.3) is 0 Å². The number of piperazine rings is 1. The van der Waals surface area contributed by atoms with E-state index in [1.54, 1.807) is 7.05 Å². The van der Waals surface area contributed by atoms with Crippen LogP contribution in [0.4, 0.5) is 17.5 Å². The maximum atomic E-state index is 13.2. The van der Waals surface area contributed by atoms with Gasteiger partial charge in [-0.05, 0) is 49.4 Å². The number of sulfonamides is 1.